The van der Waals surface area contributed by atoms with Crippen LogP contribution in [0.15, 0.2) is 64.6 Å². The highest BCUT2D eigenvalue weighted by Gasteiger charge is 2.24. The van der Waals surface area contributed by atoms with Crippen molar-refractivity contribution in [2.45, 2.75) is 6.54 Å². The van der Waals surface area contributed by atoms with Gasteiger partial charge in [0.05, 0.1) is 24.2 Å². The monoisotopic (exact) mass is 387 g/mol. The largest absolute Gasteiger partial charge is 0.497 e. The minimum atomic E-state index is -0.161. The average molecular weight is 387 g/mol. The van der Waals surface area contributed by atoms with Gasteiger partial charge >= 0.3 is 0 Å². The molecule has 1 amide bonds. The van der Waals surface area contributed by atoms with Gasteiger partial charge in [-0.05, 0) is 48.2 Å². The summed E-state index contributed by atoms with van der Waals surface area (Å²) in [5.74, 6) is 3.26. The Morgan fingerprint density at radius 1 is 1.25 bits per heavy atom. The van der Waals surface area contributed by atoms with E-state index < -0.39 is 0 Å². The zero-order valence-corrected chi connectivity index (χ0v) is 16.0. The SMILES string of the molecule is C#CCn1cc(/C=C2/SC(=Nc3ccc(OC)cc3)NC2=O)c2ccccc21. The molecule has 6 heteroatoms. The number of methoxy groups -OCH3 is 1. The number of thioether (sulfide) groups is 1. The molecule has 0 saturated carbocycles. The minimum Gasteiger partial charge on any atom is -0.497 e. The van der Waals surface area contributed by atoms with Crippen molar-refractivity contribution in [3.8, 4) is 18.1 Å². The quantitative estimate of drug-likeness (QED) is 0.540. The third kappa shape index (κ3) is 3.53. The van der Waals surface area contributed by atoms with Crippen molar-refractivity contribution in [2.24, 2.45) is 4.99 Å². The lowest BCUT2D eigenvalue weighted by atomic mass is 10.1. The van der Waals surface area contributed by atoms with Crippen LogP contribution in [-0.4, -0.2) is 22.8 Å². The summed E-state index contributed by atoms with van der Waals surface area (Å²) in [6.45, 7) is 0.479. The molecular formula is C22H17N3O2S. The van der Waals surface area contributed by atoms with Gasteiger partial charge in [-0.2, -0.15) is 0 Å². The van der Waals surface area contributed by atoms with E-state index in [1.807, 2.05) is 65.4 Å². The molecule has 2 heterocycles. The number of nitrogens with one attached hydrogen (secondary N) is 1. The van der Waals surface area contributed by atoms with Crippen molar-refractivity contribution in [1.82, 2.24) is 9.88 Å². The van der Waals surface area contributed by atoms with E-state index >= 15 is 0 Å². The molecule has 5 nitrogen and oxygen atoms in total. The van der Waals surface area contributed by atoms with E-state index in [1.165, 1.54) is 11.8 Å². The molecular weight excluding hydrogens is 370 g/mol. The average Bonchev–Trinajstić information content (AvgIpc) is 3.23. The van der Waals surface area contributed by atoms with Gasteiger partial charge in [0.1, 0.15) is 5.75 Å². The fourth-order valence-electron chi connectivity index (χ4n) is 3.02. The molecule has 2 aromatic carbocycles. The number of aliphatic imine (C=N–C) groups is 1. The number of amides is 1. The Hall–Kier alpha value is -3.43. The second-order valence-electron chi connectivity index (χ2n) is 6.11. The zero-order chi connectivity index (χ0) is 19.5. The number of carbonyl (C=O) groups is 1. The third-order valence-electron chi connectivity index (χ3n) is 4.32. The number of para-hydroxylation sites is 1. The zero-order valence-electron chi connectivity index (χ0n) is 15.2. The molecule has 1 N–H and O–H groups in total. The number of aromatic nitrogens is 1. The lowest BCUT2D eigenvalue weighted by molar-refractivity contribution is -0.115. The number of hydrogen-bond acceptors (Lipinski definition) is 4. The van der Waals surface area contributed by atoms with E-state index in [0.717, 1.165) is 27.9 Å². The van der Waals surface area contributed by atoms with Gasteiger partial charge in [0.2, 0.25) is 0 Å². The fraction of sp³-hybridized carbons (Fsp3) is 0.0909. The lowest BCUT2D eigenvalue weighted by Gasteiger charge is -1.99. The molecule has 138 valence electrons. The molecule has 0 radical (unpaired) electrons. The van der Waals surface area contributed by atoms with Crippen LogP contribution in [0.3, 0.4) is 0 Å². The topological polar surface area (TPSA) is 55.6 Å². The van der Waals surface area contributed by atoms with Gasteiger partial charge in [-0.25, -0.2) is 4.99 Å². The molecule has 0 aliphatic carbocycles. The second kappa shape index (κ2) is 7.67. The van der Waals surface area contributed by atoms with Crippen LogP contribution in [0.4, 0.5) is 5.69 Å². The van der Waals surface area contributed by atoms with E-state index in [2.05, 4.69) is 16.2 Å². The summed E-state index contributed by atoms with van der Waals surface area (Å²) in [5.41, 5.74) is 2.74. The van der Waals surface area contributed by atoms with Crippen LogP contribution < -0.4 is 10.1 Å². The fourth-order valence-corrected chi connectivity index (χ4v) is 3.85. The Morgan fingerprint density at radius 3 is 2.79 bits per heavy atom. The number of hydrogen-bond donors (Lipinski definition) is 1. The van der Waals surface area contributed by atoms with Gasteiger partial charge in [0, 0.05) is 22.7 Å². The maximum Gasteiger partial charge on any atom is 0.264 e. The maximum absolute atomic E-state index is 12.4. The van der Waals surface area contributed by atoms with E-state index in [9.17, 15) is 4.79 Å². The van der Waals surface area contributed by atoms with Crippen LogP contribution >= 0.6 is 11.8 Å². The number of benzene rings is 2. The van der Waals surface area contributed by atoms with Crippen molar-refractivity contribution in [3.63, 3.8) is 0 Å². The molecule has 1 fully saturated rings. The molecule has 1 aliphatic heterocycles. The smallest absolute Gasteiger partial charge is 0.264 e. The van der Waals surface area contributed by atoms with Crippen LogP contribution in [0.25, 0.3) is 17.0 Å². The van der Waals surface area contributed by atoms with Crippen molar-refractivity contribution in [1.29, 1.82) is 0 Å². The Morgan fingerprint density at radius 2 is 2.04 bits per heavy atom. The highest BCUT2D eigenvalue weighted by Crippen LogP contribution is 2.31. The molecule has 1 aliphatic rings. The van der Waals surface area contributed by atoms with Crippen molar-refractivity contribution < 1.29 is 9.53 Å². The van der Waals surface area contributed by atoms with Gasteiger partial charge in [0.15, 0.2) is 5.17 Å². The van der Waals surface area contributed by atoms with Crippen molar-refractivity contribution >= 4 is 45.5 Å². The number of fused-ring (bicyclic) bond motifs is 1. The third-order valence-corrected chi connectivity index (χ3v) is 5.23. The van der Waals surface area contributed by atoms with Crippen LogP contribution in [0.2, 0.25) is 0 Å². The summed E-state index contributed by atoms with van der Waals surface area (Å²) in [5, 5.41) is 4.42. The summed E-state index contributed by atoms with van der Waals surface area (Å²) in [6, 6.07) is 15.3. The summed E-state index contributed by atoms with van der Waals surface area (Å²) >= 11 is 1.32. The van der Waals surface area contributed by atoms with E-state index in [-0.39, 0.29) is 5.91 Å². The molecule has 4 rings (SSSR count). The molecule has 3 aromatic rings. The van der Waals surface area contributed by atoms with Crippen LogP contribution in [0, 0.1) is 12.3 Å². The lowest BCUT2D eigenvalue weighted by Crippen LogP contribution is -2.19. The molecule has 0 spiro atoms. The molecule has 0 unspecified atom stereocenters. The van der Waals surface area contributed by atoms with Crippen LogP contribution in [-0.2, 0) is 11.3 Å². The molecule has 28 heavy (non-hydrogen) atoms. The first kappa shape index (κ1) is 18.0. The van der Waals surface area contributed by atoms with Gasteiger partial charge in [-0.1, -0.05) is 24.1 Å². The first-order valence-electron chi connectivity index (χ1n) is 8.63. The number of ether oxygens (including phenoxy) is 1. The molecule has 1 aromatic heterocycles. The van der Waals surface area contributed by atoms with E-state index in [1.54, 1.807) is 7.11 Å². The Labute approximate surface area is 167 Å². The predicted octanol–water partition coefficient (Wildman–Crippen LogP) is 4.17. The highest BCUT2D eigenvalue weighted by atomic mass is 32.2. The van der Waals surface area contributed by atoms with E-state index in [4.69, 9.17) is 11.2 Å². The normalized spacial score (nSPS) is 16.5. The summed E-state index contributed by atoms with van der Waals surface area (Å²) in [4.78, 5) is 17.5. The number of nitrogens with zero attached hydrogens (tertiary/aromatic N) is 2. The Balaban J connectivity index is 1.64. The summed E-state index contributed by atoms with van der Waals surface area (Å²) in [7, 11) is 1.62. The van der Waals surface area contributed by atoms with Gasteiger partial charge in [-0.15, -0.1) is 6.42 Å². The number of terminal acetylenes is 1. The van der Waals surface area contributed by atoms with Gasteiger partial charge < -0.3 is 14.6 Å². The second-order valence-corrected chi connectivity index (χ2v) is 7.14. The standard InChI is InChI=1S/C22H17N3O2S/c1-3-12-25-14-15(18-6-4-5-7-19(18)25)13-20-21(26)24-22(28-20)23-16-8-10-17(27-2)11-9-16/h1,4-11,13-14H,12H2,2H3,(H,23,24,26)/b20-13+. The number of rotatable bonds is 4. The Bertz CT molecular complexity index is 1150. The summed E-state index contributed by atoms with van der Waals surface area (Å²) < 4.78 is 7.15. The molecule has 0 atom stereocenters. The van der Waals surface area contributed by atoms with E-state index in [0.29, 0.717) is 16.6 Å². The first-order chi connectivity index (χ1) is 13.7. The minimum absolute atomic E-state index is 0.161. The molecule has 0 bridgehead atoms. The molecule has 1 saturated heterocycles. The van der Waals surface area contributed by atoms with Crippen LogP contribution in [0.5, 0.6) is 5.75 Å². The van der Waals surface area contributed by atoms with Crippen molar-refractivity contribution in [3.05, 3.63) is 65.2 Å². The van der Waals surface area contributed by atoms with Crippen LogP contribution in [0.1, 0.15) is 5.56 Å². The van der Waals surface area contributed by atoms with Gasteiger partial charge in [-0.3, -0.25) is 4.79 Å². The van der Waals surface area contributed by atoms with Crippen molar-refractivity contribution in [2.75, 3.05) is 7.11 Å². The number of carbonyl (C=O) groups excluding carboxylic acids is 1. The number of amidine groups is 1. The summed E-state index contributed by atoms with van der Waals surface area (Å²) in [6.07, 6.45) is 9.34. The van der Waals surface area contributed by atoms with Gasteiger partial charge in [0.25, 0.3) is 5.91 Å². The first-order valence-corrected chi connectivity index (χ1v) is 9.44. The highest BCUT2D eigenvalue weighted by molar-refractivity contribution is 8.18. The predicted molar refractivity (Wildman–Crippen MR) is 115 cm³/mol. The Kier molecular flexibility index (Phi) is 4.92. The maximum atomic E-state index is 12.4.